The maximum Gasteiger partial charge on any atom is 0.243 e. The Labute approximate surface area is 133 Å². The minimum atomic E-state index is -0.272. The van der Waals surface area contributed by atoms with Gasteiger partial charge in [-0.05, 0) is 19.1 Å². The van der Waals surface area contributed by atoms with Gasteiger partial charge in [-0.15, -0.1) is 0 Å². The quantitative estimate of drug-likeness (QED) is 0.932. The number of carbonyl (C=O) groups is 1. The Kier molecular flexibility index (Phi) is 4.68. The summed E-state index contributed by atoms with van der Waals surface area (Å²) in [6.07, 6.45) is -0.272. The summed E-state index contributed by atoms with van der Waals surface area (Å²) in [6.45, 7) is 3.76. The minimum Gasteiger partial charge on any atom is -0.355 e. The molecule has 2 atom stereocenters. The molecule has 7 heteroatoms. The van der Waals surface area contributed by atoms with Crippen molar-refractivity contribution in [2.75, 3.05) is 32.1 Å². The molecule has 1 fully saturated rings. The topological polar surface area (TPSA) is 63.7 Å². The maximum atomic E-state index is 12.4. The Morgan fingerprint density at radius 2 is 2.36 bits per heavy atom. The molecule has 6 nitrogen and oxygen atoms in total. The molecule has 2 heterocycles. The number of ether oxygens (including phenoxy) is 2. The van der Waals surface area contributed by atoms with Crippen LogP contribution in [0.15, 0.2) is 24.3 Å². The predicted octanol–water partition coefficient (Wildman–Crippen LogP) is 1.93. The molecule has 0 aliphatic carbocycles. The highest BCUT2D eigenvalue weighted by Gasteiger charge is 2.28. The second kappa shape index (κ2) is 6.70. The fraction of sp³-hybridized carbons (Fsp3) is 0.467. The van der Waals surface area contributed by atoms with Crippen molar-refractivity contribution in [1.82, 2.24) is 9.88 Å². The first-order valence-electron chi connectivity index (χ1n) is 7.22. The molecule has 1 aromatic heterocycles. The van der Waals surface area contributed by atoms with Gasteiger partial charge in [-0.1, -0.05) is 23.5 Å². The molecular formula is C15H19N3O3S. The van der Waals surface area contributed by atoms with Crippen molar-refractivity contribution in [2.45, 2.75) is 19.3 Å². The predicted molar refractivity (Wildman–Crippen MR) is 86.0 cm³/mol. The molecule has 1 aliphatic rings. The summed E-state index contributed by atoms with van der Waals surface area (Å²) in [7, 11) is 1.61. The Balaban J connectivity index is 1.65. The number of morpholine rings is 1. The van der Waals surface area contributed by atoms with Gasteiger partial charge in [0.15, 0.2) is 11.4 Å². The van der Waals surface area contributed by atoms with Crippen LogP contribution in [0.5, 0.6) is 0 Å². The molecule has 2 aromatic rings. The van der Waals surface area contributed by atoms with Gasteiger partial charge in [0.2, 0.25) is 5.91 Å². The number of carbonyl (C=O) groups excluding carboxylic acids is 1. The highest BCUT2D eigenvalue weighted by Crippen LogP contribution is 2.25. The second-order valence-electron chi connectivity index (χ2n) is 5.18. The van der Waals surface area contributed by atoms with E-state index in [1.165, 1.54) is 11.3 Å². The Morgan fingerprint density at radius 1 is 1.55 bits per heavy atom. The maximum absolute atomic E-state index is 12.4. The summed E-state index contributed by atoms with van der Waals surface area (Å²) in [5, 5.41) is 3.54. The number of nitrogens with one attached hydrogen (secondary N) is 1. The third-order valence-corrected chi connectivity index (χ3v) is 4.73. The van der Waals surface area contributed by atoms with Gasteiger partial charge in [0.1, 0.15) is 0 Å². The molecule has 2 unspecified atom stereocenters. The third-order valence-electron chi connectivity index (χ3n) is 3.78. The Morgan fingerprint density at radius 3 is 3.14 bits per heavy atom. The van der Waals surface area contributed by atoms with Crippen molar-refractivity contribution in [3.05, 3.63) is 24.3 Å². The zero-order valence-electron chi connectivity index (χ0n) is 12.6. The van der Waals surface area contributed by atoms with Crippen LogP contribution in [0.2, 0.25) is 0 Å². The molecule has 1 saturated heterocycles. The van der Waals surface area contributed by atoms with E-state index in [1.54, 1.807) is 7.11 Å². The van der Waals surface area contributed by atoms with Gasteiger partial charge in [-0.2, -0.15) is 0 Å². The number of benzene rings is 1. The third kappa shape index (κ3) is 3.27. The summed E-state index contributed by atoms with van der Waals surface area (Å²) in [6, 6.07) is 7.59. The van der Waals surface area contributed by atoms with Crippen LogP contribution >= 0.6 is 11.3 Å². The summed E-state index contributed by atoms with van der Waals surface area (Å²) in [5.41, 5.74) is 0.904. The lowest BCUT2D eigenvalue weighted by Crippen LogP contribution is -2.51. The highest BCUT2D eigenvalue weighted by molar-refractivity contribution is 7.22. The van der Waals surface area contributed by atoms with Crippen molar-refractivity contribution in [1.29, 1.82) is 0 Å². The van der Waals surface area contributed by atoms with Crippen molar-refractivity contribution < 1.29 is 14.3 Å². The monoisotopic (exact) mass is 321 g/mol. The number of aromatic nitrogens is 1. The number of amides is 1. The van der Waals surface area contributed by atoms with Gasteiger partial charge in [-0.3, -0.25) is 9.69 Å². The van der Waals surface area contributed by atoms with Gasteiger partial charge >= 0.3 is 0 Å². The number of hydrogen-bond donors (Lipinski definition) is 1. The first-order valence-corrected chi connectivity index (χ1v) is 8.04. The number of fused-ring (bicyclic) bond motifs is 1. The molecule has 0 spiro atoms. The molecule has 0 saturated carbocycles. The van der Waals surface area contributed by atoms with Crippen molar-refractivity contribution in [2.24, 2.45) is 0 Å². The van der Waals surface area contributed by atoms with E-state index in [2.05, 4.69) is 15.2 Å². The summed E-state index contributed by atoms with van der Waals surface area (Å²) in [5.74, 6) is -0.0594. The molecule has 1 aromatic carbocycles. The fourth-order valence-electron chi connectivity index (χ4n) is 2.43. The molecule has 22 heavy (non-hydrogen) atoms. The Hall–Kier alpha value is -1.54. The van der Waals surface area contributed by atoms with Gasteiger partial charge in [0.25, 0.3) is 0 Å². The number of methoxy groups -OCH3 is 1. The molecule has 1 N–H and O–H groups in total. The van der Waals surface area contributed by atoms with Crippen LogP contribution < -0.4 is 5.32 Å². The molecule has 1 amide bonds. The summed E-state index contributed by atoms with van der Waals surface area (Å²) >= 11 is 1.48. The van der Waals surface area contributed by atoms with Crippen molar-refractivity contribution in [3.8, 4) is 0 Å². The lowest BCUT2D eigenvalue weighted by Gasteiger charge is -2.35. The number of hydrogen-bond acceptors (Lipinski definition) is 6. The van der Waals surface area contributed by atoms with Gasteiger partial charge in [0, 0.05) is 13.7 Å². The van der Waals surface area contributed by atoms with E-state index < -0.39 is 0 Å². The smallest absolute Gasteiger partial charge is 0.243 e. The van der Waals surface area contributed by atoms with Gasteiger partial charge in [0.05, 0.1) is 29.4 Å². The molecule has 0 radical (unpaired) electrons. The first kappa shape index (κ1) is 15.4. The lowest BCUT2D eigenvalue weighted by molar-refractivity contribution is -0.171. The first-order chi connectivity index (χ1) is 10.7. The van der Waals surface area contributed by atoms with Crippen LogP contribution in [0, 0.1) is 0 Å². The van der Waals surface area contributed by atoms with Crippen LogP contribution in [0.25, 0.3) is 10.2 Å². The number of rotatable bonds is 4. The summed E-state index contributed by atoms with van der Waals surface area (Å²) < 4.78 is 11.7. The van der Waals surface area contributed by atoms with Crippen LogP contribution in [0.1, 0.15) is 6.92 Å². The molecular weight excluding hydrogens is 302 g/mol. The number of anilines is 1. The average molecular weight is 321 g/mol. The van der Waals surface area contributed by atoms with Crippen molar-refractivity contribution in [3.63, 3.8) is 0 Å². The van der Waals surface area contributed by atoms with Crippen LogP contribution in [0.3, 0.4) is 0 Å². The van der Waals surface area contributed by atoms with E-state index in [0.29, 0.717) is 24.8 Å². The van der Waals surface area contributed by atoms with E-state index in [1.807, 2.05) is 31.2 Å². The largest absolute Gasteiger partial charge is 0.355 e. The molecule has 1 aliphatic heterocycles. The highest BCUT2D eigenvalue weighted by atomic mass is 32.1. The molecule has 3 rings (SSSR count). The molecule has 118 valence electrons. The second-order valence-corrected chi connectivity index (χ2v) is 6.21. The van der Waals surface area contributed by atoms with Gasteiger partial charge < -0.3 is 14.8 Å². The van der Waals surface area contributed by atoms with Gasteiger partial charge in [-0.25, -0.2) is 4.98 Å². The Bertz CT molecular complexity index is 627. The normalized spacial score (nSPS) is 20.9. The van der Waals surface area contributed by atoms with Crippen LogP contribution in [0.4, 0.5) is 5.13 Å². The lowest BCUT2D eigenvalue weighted by atomic mass is 10.2. The van der Waals surface area contributed by atoms with E-state index in [-0.39, 0.29) is 18.2 Å². The SMILES string of the molecule is COC1CN(C(C)C(=O)Nc2nc3ccccc3s2)CCO1. The summed E-state index contributed by atoms with van der Waals surface area (Å²) in [4.78, 5) is 18.9. The van der Waals surface area contributed by atoms with Crippen molar-refractivity contribution >= 4 is 32.6 Å². The average Bonchev–Trinajstić information content (AvgIpc) is 2.96. The van der Waals surface area contributed by atoms with E-state index >= 15 is 0 Å². The fourth-order valence-corrected chi connectivity index (χ4v) is 3.30. The van der Waals surface area contributed by atoms with Crippen LogP contribution in [-0.4, -0.2) is 54.9 Å². The zero-order valence-corrected chi connectivity index (χ0v) is 13.4. The standard InChI is InChI=1S/C15H19N3O3S/c1-10(18-7-8-21-13(9-18)20-2)14(19)17-15-16-11-5-3-4-6-12(11)22-15/h3-6,10,13H,7-9H2,1-2H3,(H,16,17,19). The molecule has 0 bridgehead atoms. The van der Waals surface area contributed by atoms with Crippen LogP contribution in [-0.2, 0) is 14.3 Å². The number of para-hydroxylation sites is 1. The number of thiazole rings is 1. The van der Waals surface area contributed by atoms with E-state index in [9.17, 15) is 4.79 Å². The van der Waals surface area contributed by atoms with E-state index in [0.717, 1.165) is 10.2 Å². The number of nitrogens with zero attached hydrogens (tertiary/aromatic N) is 2. The zero-order chi connectivity index (χ0) is 15.5. The minimum absolute atomic E-state index is 0.0594. The van der Waals surface area contributed by atoms with E-state index in [4.69, 9.17) is 9.47 Å².